The van der Waals surface area contributed by atoms with Gasteiger partial charge in [0.25, 0.3) is 0 Å². The fourth-order valence-corrected chi connectivity index (χ4v) is 0.490. The van der Waals surface area contributed by atoms with Gasteiger partial charge in [0.15, 0.2) is 0 Å². The minimum Gasteiger partial charge on any atom is -0.563 e. The number of aliphatic hydroxyl groups excluding tert-OH is 1. The van der Waals surface area contributed by atoms with E-state index >= 15 is 0 Å². The van der Waals surface area contributed by atoms with Crippen LogP contribution in [0.5, 0.6) is 0 Å². The molecule has 1 N–H and O–H groups in total. The van der Waals surface area contributed by atoms with Gasteiger partial charge >= 0.3 is 36.0 Å². The molecule has 0 rings (SSSR count). The number of aliphatic hydroxyl groups is 1. The Bertz CT molecular complexity index is 91.9. The van der Waals surface area contributed by atoms with E-state index in [2.05, 4.69) is 4.31 Å². The molecule has 0 aliphatic heterocycles. The molecular weight excluding hydrogens is 235 g/mol. The van der Waals surface area contributed by atoms with Gasteiger partial charge in [-0.25, -0.2) is 0 Å². The number of rotatable bonds is 2. The van der Waals surface area contributed by atoms with E-state index < -0.39 is 16.5 Å². The maximum atomic E-state index is 9.24. The quantitative estimate of drug-likeness (QED) is 0.471. The van der Waals surface area contributed by atoms with Crippen LogP contribution in [0.4, 0.5) is 0 Å². The summed E-state index contributed by atoms with van der Waals surface area (Å²) in [5.74, 6) is 0. The molecule has 2 unspecified atom stereocenters. The van der Waals surface area contributed by atoms with E-state index in [1.165, 1.54) is 0 Å². The monoisotopic (exact) mass is 238 g/mol. The molecule has 0 saturated carbocycles. The molecule has 0 saturated heterocycles. The van der Waals surface area contributed by atoms with Crippen molar-refractivity contribution in [3.8, 4) is 0 Å². The van der Waals surface area contributed by atoms with Crippen molar-refractivity contribution >= 4 is 16.5 Å². The summed E-state index contributed by atoms with van der Waals surface area (Å²) in [5, 5.41) is 7.00. The third-order valence-electron chi connectivity index (χ3n) is 0.133. The van der Waals surface area contributed by atoms with E-state index in [9.17, 15) is 18.9 Å². The van der Waals surface area contributed by atoms with Gasteiger partial charge in [-0.1, -0.05) is 0 Å². The van der Waals surface area contributed by atoms with Crippen LogP contribution in [0.2, 0.25) is 0 Å². The number of hydrogen-bond acceptors (Lipinski definition) is 6. The summed E-state index contributed by atoms with van der Waals surface area (Å²) in [6.45, 7) is 0. The minimum absolute atomic E-state index is 0. The Morgan fingerprint density at radius 3 is 1.40 bits per heavy atom. The second-order valence-corrected chi connectivity index (χ2v) is 2.08. The minimum atomic E-state index is -3.24. The Kier molecular flexibility index (Phi) is 20.9. The SMILES string of the molecule is CO.O=[P+]([O-])O[P+](=O)[O-].[Zn+2]. The van der Waals surface area contributed by atoms with Crippen molar-refractivity contribution in [2.45, 2.75) is 0 Å². The molecule has 0 fully saturated rings. The van der Waals surface area contributed by atoms with E-state index in [4.69, 9.17) is 5.11 Å². The van der Waals surface area contributed by atoms with Crippen LogP contribution in [-0.2, 0) is 32.9 Å². The zero-order valence-electron chi connectivity index (χ0n) is 5.09. The van der Waals surface area contributed by atoms with Crippen LogP contribution in [0.15, 0.2) is 0 Å². The molecule has 10 heavy (non-hydrogen) atoms. The van der Waals surface area contributed by atoms with Crippen LogP contribution < -0.4 is 9.79 Å². The fraction of sp³-hybridized carbons (Fsp3) is 1.00. The Labute approximate surface area is 71.9 Å². The average Bonchev–Trinajstić information content (AvgIpc) is 1.68. The van der Waals surface area contributed by atoms with Crippen LogP contribution in [0, 0.1) is 0 Å². The molecule has 9 heteroatoms. The van der Waals surface area contributed by atoms with Crippen molar-refractivity contribution < 1.29 is 47.8 Å². The molecule has 54 valence electrons. The van der Waals surface area contributed by atoms with E-state index in [-0.39, 0.29) is 19.5 Å². The summed E-state index contributed by atoms with van der Waals surface area (Å²) < 4.78 is 21.6. The van der Waals surface area contributed by atoms with Gasteiger partial charge in [-0.05, 0) is 9.13 Å². The van der Waals surface area contributed by atoms with Crippen molar-refractivity contribution in [3.63, 3.8) is 0 Å². The van der Waals surface area contributed by atoms with Gasteiger partial charge < -0.3 is 14.9 Å². The first kappa shape index (κ1) is 17.0. The van der Waals surface area contributed by atoms with Crippen LogP contribution >= 0.6 is 16.5 Å². The first-order chi connectivity index (χ1) is 4.13. The topological polar surface area (TPSA) is 110 Å². The molecule has 0 spiro atoms. The van der Waals surface area contributed by atoms with Gasteiger partial charge in [0.1, 0.15) is 4.31 Å². The van der Waals surface area contributed by atoms with Gasteiger partial charge in [0.05, 0.1) is 0 Å². The van der Waals surface area contributed by atoms with Gasteiger partial charge in [0, 0.05) is 7.11 Å². The Balaban J connectivity index is -0.000000149. The summed E-state index contributed by atoms with van der Waals surface area (Å²) >= 11 is 0. The van der Waals surface area contributed by atoms with Gasteiger partial charge in [-0.2, -0.15) is 0 Å². The summed E-state index contributed by atoms with van der Waals surface area (Å²) in [6, 6.07) is 0. The number of hydrogen-bond donors (Lipinski definition) is 1. The Morgan fingerprint density at radius 2 is 1.40 bits per heavy atom. The summed E-state index contributed by atoms with van der Waals surface area (Å²) in [7, 11) is -5.47. The summed E-state index contributed by atoms with van der Waals surface area (Å²) in [5.41, 5.74) is 0. The van der Waals surface area contributed by atoms with Gasteiger partial charge in [0.2, 0.25) is 0 Å². The van der Waals surface area contributed by atoms with E-state index in [1.807, 2.05) is 0 Å². The average molecular weight is 239 g/mol. The molecule has 0 amide bonds. The van der Waals surface area contributed by atoms with E-state index in [1.54, 1.807) is 0 Å². The maximum absolute atomic E-state index is 9.24. The molecule has 0 radical (unpaired) electrons. The zero-order valence-corrected chi connectivity index (χ0v) is 9.85. The molecule has 6 nitrogen and oxygen atoms in total. The zero-order chi connectivity index (χ0) is 7.86. The summed E-state index contributed by atoms with van der Waals surface area (Å²) in [4.78, 5) is 18.5. The first-order valence-electron chi connectivity index (χ1n) is 1.54. The second-order valence-electron chi connectivity index (χ2n) is 0.529. The van der Waals surface area contributed by atoms with Gasteiger partial charge in [-0.15, -0.1) is 0 Å². The molecule has 2 atom stereocenters. The van der Waals surface area contributed by atoms with E-state index in [0.717, 1.165) is 7.11 Å². The molecule has 0 heterocycles. The standard InChI is InChI=1S/CH4O.O5P2.Zn/c1-2;1-6(2)5-7(3)4;/h2H,1H3;;/q;;+2. The van der Waals surface area contributed by atoms with Crippen molar-refractivity contribution in [1.82, 2.24) is 0 Å². The van der Waals surface area contributed by atoms with E-state index in [0.29, 0.717) is 0 Å². The molecule has 0 aliphatic carbocycles. The summed E-state index contributed by atoms with van der Waals surface area (Å²) in [6.07, 6.45) is 0. The molecule has 0 aromatic carbocycles. The van der Waals surface area contributed by atoms with Crippen molar-refractivity contribution in [2.75, 3.05) is 7.11 Å². The fourth-order valence-electron chi connectivity index (χ4n) is 0.0544. The van der Waals surface area contributed by atoms with Crippen LogP contribution in [0.25, 0.3) is 0 Å². The largest absolute Gasteiger partial charge is 2.00 e. The Hall–Kier alpha value is 0.663. The van der Waals surface area contributed by atoms with Crippen molar-refractivity contribution in [1.29, 1.82) is 0 Å². The normalized spacial score (nSPS) is 10.0. The Morgan fingerprint density at radius 1 is 1.20 bits per heavy atom. The third kappa shape index (κ3) is 23.4. The van der Waals surface area contributed by atoms with Crippen molar-refractivity contribution in [3.05, 3.63) is 0 Å². The molecular formula is CH4O6P2Zn+2. The first-order valence-corrected chi connectivity index (χ1v) is 3.73. The molecule has 0 bridgehead atoms. The predicted octanol–water partition coefficient (Wildman–Crippen LogP) is -1.36. The van der Waals surface area contributed by atoms with Crippen LogP contribution in [-0.4, -0.2) is 12.2 Å². The molecule has 0 aromatic rings. The second kappa shape index (κ2) is 12.3. The smallest absolute Gasteiger partial charge is 0.563 e. The van der Waals surface area contributed by atoms with Gasteiger partial charge in [-0.3, -0.25) is 0 Å². The van der Waals surface area contributed by atoms with Crippen LogP contribution in [0.3, 0.4) is 0 Å². The maximum Gasteiger partial charge on any atom is 2.00 e. The molecule has 0 aliphatic rings. The predicted molar refractivity (Wildman–Crippen MR) is 24.4 cm³/mol. The third-order valence-corrected chi connectivity index (χ3v) is 1.20. The van der Waals surface area contributed by atoms with Crippen molar-refractivity contribution in [2.24, 2.45) is 0 Å². The van der Waals surface area contributed by atoms with Crippen LogP contribution in [0.1, 0.15) is 0 Å². The molecule has 0 aromatic heterocycles.